The van der Waals surface area contributed by atoms with E-state index >= 15 is 0 Å². The van der Waals surface area contributed by atoms with Crippen molar-refractivity contribution in [2.45, 2.75) is 31.8 Å². The molecule has 1 fully saturated rings. The summed E-state index contributed by atoms with van der Waals surface area (Å²) in [5, 5.41) is 6.80. The van der Waals surface area contributed by atoms with E-state index in [9.17, 15) is 0 Å². The number of nitrogens with zero attached hydrogens (tertiary/aromatic N) is 2. The first-order valence-electron chi connectivity index (χ1n) is 5.60. The molecule has 0 aromatic carbocycles. The topological polar surface area (TPSA) is 28.2 Å². The summed E-state index contributed by atoms with van der Waals surface area (Å²) >= 11 is 1.74. The predicted molar refractivity (Wildman–Crippen MR) is 71.4 cm³/mol. The van der Waals surface area contributed by atoms with Crippen LogP contribution in [0.4, 0.5) is 0 Å². The molecule has 1 N–H and O–H groups in total. The Labute approximate surface area is 108 Å². The number of aromatic nitrogens is 1. The Balaban J connectivity index is 0.00000128. The average molecular weight is 262 g/mol. The highest BCUT2D eigenvalue weighted by Crippen LogP contribution is 2.21. The van der Waals surface area contributed by atoms with Crippen molar-refractivity contribution in [2.75, 3.05) is 20.1 Å². The van der Waals surface area contributed by atoms with Crippen molar-refractivity contribution >= 4 is 23.7 Å². The third-order valence-electron chi connectivity index (χ3n) is 3.14. The van der Waals surface area contributed by atoms with Crippen LogP contribution in [0.1, 0.15) is 30.8 Å². The van der Waals surface area contributed by atoms with Crippen molar-refractivity contribution in [1.82, 2.24) is 15.2 Å². The van der Waals surface area contributed by atoms with Gasteiger partial charge in [0.2, 0.25) is 0 Å². The molecule has 0 radical (unpaired) electrons. The summed E-state index contributed by atoms with van der Waals surface area (Å²) in [7, 11) is 2.19. The lowest BCUT2D eigenvalue weighted by Gasteiger charge is -2.26. The van der Waals surface area contributed by atoms with Gasteiger partial charge in [-0.05, 0) is 33.4 Å². The molecule has 0 amide bonds. The third kappa shape index (κ3) is 3.42. The summed E-state index contributed by atoms with van der Waals surface area (Å²) < 4.78 is 0. The fraction of sp³-hybridized carbons (Fsp3) is 0.727. The molecule has 1 aromatic heterocycles. The summed E-state index contributed by atoms with van der Waals surface area (Å²) in [4.78, 5) is 6.76. The van der Waals surface area contributed by atoms with Gasteiger partial charge in [0.05, 0.1) is 6.04 Å². The van der Waals surface area contributed by atoms with Crippen molar-refractivity contribution in [3.8, 4) is 0 Å². The van der Waals surface area contributed by atoms with Gasteiger partial charge in [0, 0.05) is 24.2 Å². The zero-order chi connectivity index (χ0) is 10.7. The number of rotatable bonds is 4. The van der Waals surface area contributed by atoms with Crippen molar-refractivity contribution < 1.29 is 0 Å². The first-order valence-corrected chi connectivity index (χ1v) is 6.48. The lowest BCUT2D eigenvalue weighted by molar-refractivity contribution is 0.238. The minimum absolute atomic E-state index is 0. The van der Waals surface area contributed by atoms with Crippen LogP contribution in [0.5, 0.6) is 0 Å². The maximum atomic E-state index is 4.37. The van der Waals surface area contributed by atoms with E-state index in [0.29, 0.717) is 12.1 Å². The molecule has 1 aliphatic rings. The van der Waals surface area contributed by atoms with Crippen LogP contribution in [0.15, 0.2) is 11.6 Å². The number of likely N-dealkylation sites (N-methyl/N-ethyl adjacent to an activating group) is 1. The average Bonchev–Trinajstić information content (AvgIpc) is 2.88. The smallest absolute Gasteiger partial charge is 0.109 e. The SMILES string of the molecule is CC(c1nccs1)N(C)CC1CCCN1.Cl. The highest BCUT2D eigenvalue weighted by Gasteiger charge is 2.20. The molecule has 0 spiro atoms. The maximum Gasteiger partial charge on any atom is 0.109 e. The molecule has 0 bridgehead atoms. The maximum absolute atomic E-state index is 4.37. The second-order valence-electron chi connectivity index (χ2n) is 4.28. The quantitative estimate of drug-likeness (QED) is 0.902. The summed E-state index contributed by atoms with van der Waals surface area (Å²) in [6.45, 7) is 4.54. The molecule has 0 saturated carbocycles. The Kier molecular flexibility index (Phi) is 5.69. The van der Waals surface area contributed by atoms with Crippen molar-refractivity contribution in [1.29, 1.82) is 0 Å². The van der Waals surface area contributed by atoms with E-state index in [1.165, 1.54) is 24.4 Å². The zero-order valence-electron chi connectivity index (χ0n) is 9.85. The molecule has 3 nitrogen and oxygen atoms in total. The molecule has 2 rings (SSSR count). The molecule has 2 heterocycles. The molecular weight excluding hydrogens is 242 g/mol. The van der Waals surface area contributed by atoms with Crippen molar-refractivity contribution in [2.24, 2.45) is 0 Å². The monoisotopic (exact) mass is 261 g/mol. The Morgan fingerprint density at radius 3 is 3.06 bits per heavy atom. The molecule has 2 atom stereocenters. The van der Waals surface area contributed by atoms with Gasteiger partial charge >= 0.3 is 0 Å². The number of nitrogens with one attached hydrogen (secondary N) is 1. The second-order valence-corrected chi connectivity index (χ2v) is 5.21. The fourth-order valence-electron chi connectivity index (χ4n) is 2.05. The van der Waals surface area contributed by atoms with Crippen molar-refractivity contribution in [3.05, 3.63) is 16.6 Å². The number of thiazole rings is 1. The van der Waals surface area contributed by atoms with Crippen LogP contribution in [-0.2, 0) is 0 Å². The van der Waals surface area contributed by atoms with E-state index in [1.807, 2.05) is 11.6 Å². The largest absolute Gasteiger partial charge is 0.313 e. The van der Waals surface area contributed by atoms with E-state index in [0.717, 1.165) is 6.54 Å². The standard InChI is InChI=1S/C11H19N3S.ClH/c1-9(11-13-6-7-15-11)14(2)8-10-4-3-5-12-10;/h6-7,9-10,12H,3-5,8H2,1-2H3;1H. The molecule has 1 aromatic rings. The summed E-state index contributed by atoms with van der Waals surface area (Å²) in [5.41, 5.74) is 0. The van der Waals surface area contributed by atoms with Crippen LogP contribution >= 0.6 is 23.7 Å². The van der Waals surface area contributed by atoms with Crippen LogP contribution in [0.25, 0.3) is 0 Å². The van der Waals surface area contributed by atoms with Gasteiger partial charge in [-0.2, -0.15) is 0 Å². The number of halogens is 1. The molecule has 0 aliphatic carbocycles. The molecule has 1 saturated heterocycles. The van der Waals surface area contributed by atoms with E-state index in [1.54, 1.807) is 11.3 Å². The lowest BCUT2D eigenvalue weighted by Crippen LogP contribution is -2.36. The Morgan fingerprint density at radius 1 is 1.69 bits per heavy atom. The first-order chi connectivity index (χ1) is 7.27. The van der Waals surface area contributed by atoms with Crippen LogP contribution in [-0.4, -0.2) is 36.1 Å². The molecule has 92 valence electrons. The lowest BCUT2D eigenvalue weighted by atomic mass is 10.2. The number of hydrogen-bond donors (Lipinski definition) is 1. The van der Waals surface area contributed by atoms with Gasteiger partial charge in [-0.25, -0.2) is 4.98 Å². The van der Waals surface area contributed by atoms with Crippen LogP contribution in [0.2, 0.25) is 0 Å². The molecule has 2 unspecified atom stereocenters. The van der Waals surface area contributed by atoms with E-state index in [-0.39, 0.29) is 12.4 Å². The van der Waals surface area contributed by atoms with Crippen LogP contribution in [0, 0.1) is 0 Å². The Hall–Kier alpha value is -0.160. The third-order valence-corrected chi connectivity index (χ3v) is 4.09. The normalized spacial score (nSPS) is 22.1. The zero-order valence-corrected chi connectivity index (χ0v) is 11.5. The van der Waals surface area contributed by atoms with E-state index < -0.39 is 0 Å². The van der Waals surface area contributed by atoms with Crippen molar-refractivity contribution in [3.63, 3.8) is 0 Å². The minimum atomic E-state index is 0. The summed E-state index contributed by atoms with van der Waals surface area (Å²) in [6, 6.07) is 1.12. The fourth-order valence-corrected chi connectivity index (χ4v) is 2.81. The molecule has 5 heteroatoms. The first kappa shape index (κ1) is 13.9. The Bertz CT molecular complexity index is 285. The summed E-state index contributed by atoms with van der Waals surface area (Å²) in [5.74, 6) is 0. The van der Waals surface area contributed by atoms with E-state index in [4.69, 9.17) is 0 Å². The number of hydrogen-bond acceptors (Lipinski definition) is 4. The van der Waals surface area contributed by atoms with Gasteiger partial charge in [0.15, 0.2) is 0 Å². The molecule has 16 heavy (non-hydrogen) atoms. The Morgan fingerprint density at radius 2 is 2.50 bits per heavy atom. The van der Waals surface area contributed by atoms with Gasteiger partial charge in [-0.3, -0.25) is 4.90 Å². The van der Waals surface area contributed by atoms with Gasteiger partial charge < -0.3 is 5.32 Å². The van der Waals surface area contributed by atoms with Gasteiger partial charge in [0.1, 0.15) is 5.01 Å². The molecule has 1 aliphatic heterocycles. The van der Waals surface area contributed by atoms with Gasteiger partial charge in [-0.1, -0.05) is 0 Å². The van der Waals surface area contributed by atoms with Crippen LogP contribution < -0.4 is 5.32 Å². The minimum Gasteiger partial charge on any atom is -0.313 e. The van der Waals surface area contributed by atoms with Gasteiger partial charge in [0.25, 0.3) is 0 Å². The highest BCUT2D eigenvalue weighted by molar-refractivity contribution is 7.09. The molecular formula is C11H20ClN3S. The van der Waals surface area contributed by atoms with Gasteiger partial charge in [-0.15, -0.1) is 23.7 Å². The highest BCUT2D eigenvalue weighted by atomic mass is 35.5. The summed E-state index contributed by atoms with van der Waals surface area (Å²) in [6.07, 6.45) is 4.53. The van der Waals surface area contributed by atoms with Crippen LogP contribution in [0.3, 0.4) is 0 Å². The van der Waals surface area contributed by atoms with E-state index in [2.05, 4.69) is 29.2 Å². The second kappa shape index (κ2) is 6.55. The predicted octanol–water partition coefficient (Wildman–Crippen LogP) is 2.31.